The number of nitrogens with one attached hydrogen (secondary N) is 1. The SMILES string of the molecule is CCCCCCCC(=O)Oc1cc2c(cc1OC)[C@@]1(CS[C@@H]3c4c(OC(C)=O)c(C)c5c(c4[C@H](COC1=O)N1C3[C@H]3c4c(cc(C)c(OC)c4OC(=O)CCCCCCC)C[C@H]([C@@H]1C#N)N3C)OCO5)NCC2. The molecule has 7 aliphatic heterocycles. The van der Waals surface area contributed by atoms with Crippen molar-refractivity contribution < 1.29 is 57.1 Å². The third-order valence-electron chi connectivity index (χ3n) is 15.8. The highest BCUT2D eigenvalue weighted by Gasteiger charge is 2.62. The molecule has 0 aromatic heterocycles. The second kappa shape index (κ2) is 22.1. The summed E-state index contributed by atoms with van der Waals surface area (Å²) in [6.45, 7) is 9.56. The topological polar surface area (TPSA) is 184 Å². The van der Waals surface area contributed by atoms with E-state index in [-0.39, 0.29) is 55.7 Å². The molecule has 0 amide bonds. The lowest BCUT2D eigenvalue weighted by Crippen LogP contribution is -2.69. The van der Waals surface area contributed by atoms with E-state index in [4.69, 9.17) is 37.9 Å². The van der Waals surface area contributed by atoms with Crippen LogP contribution in [0.25, 0.3) is 0 Å². The highest BCUT2D eigenvalue weighted by atomic mass is 32.2. The van der Waals surface area contributed by atoms with E-state index in [9.17, 15) is 19.6 Å². The summed E-state index contributed by atoms with van der Waals surface area (Å²) in [6, 6.07) is 5.35. The number of nitrogens with zero attached hydrogens (tertiary/aromatic N) is 3. The first-order valence-corrected chi connectivity index (χ1v) is 27.3. The van der Waals surface area contributed by atoms with Gasteiger partial charge in [0.1, 0.15) is 18.4 Å². The molecule has 3 aromatic carbocycles. The summed E-state index contributed by atoms with van der Waals surface area (Å²) < 4.78 is 49.9. The summed E-state index contributed by atoms with van der Waals surface area (Å²) in [5.41, 5.74) is 4.40. The molecule has 2 saturated heterocycles. The number of likely N-dealkylation sites (N-methyl/N-ethyl adjacent to an activating group) is 1. The van der Waals surface area contributed by atoms with Gasteiger partial charge < -0.3 is 37.9 Å². The quantitative estimate of drug-likeness (QED) is 0.0766. The summed E-state index contributed by atoms with van der Waals surface area (Å²) >= 11 is 1.49. The van der Waals surface area contributed by atoms with Crippen LogP contribution in [0.1, 0.15) is 160 Å². The maximum absolute atomic E-state index is 15.3. The molecule has 16 nitrogen and oxygen atoms in total. The fraction of sp³-hybridized carbons (Fsp3) is 0.589. The average molecular weight is 1020 g/mol. The van der Waals surface area contributed by atoms with E-state index in [1.165, 1.54) is 25.8 Å². The molecule has 73 heavy (non-hydrogen) atoms. The molecule has 0 saturated carbocycles. The van der Waals surface area contributed by atoms with Crippen LogP contribution in [0.3, 0.4) is 0 Å². The lowest BCUT2D eigenvalue weighted by atomic mass is 9.71. The monoisotopic (exact) mass is 1020 g/mol. The third-order valence-corrected chi connectivity index (χ3v) is 17.3. The number of rotatable bonds is 17. The number of esters is 4. The summed E-state index contributed by atoms with van der Waals surface area (Å²) in [5.74, 6) is 0.930. The number of methoxy groups -OCH3 is 2. The van der Waals surface area contributed by atoms with Gasteiger partial charge in [0.2, 0.25) is 6.79 Å². The molecule has 0 radical (unpaired) electrons. The molecule has 0 aliphatic carbocycles. The number of benzene rings is 3. The minimum atomic E-state index is -1.44. The van der Waals surface area contributed by atoms with Crippen LogP contribution < -0.4 is 38.5 Å². The van der Waals surface area contributed by atoms with Gasteiger partial charge in [0, 0.05) is 66.4 Å². The second-order valence-corrected chi connectivity index (χ2v) is 21.5. The summed E-state index contributed by atoms with van der Waals surface area (Å²) in [7, 11) is 5.11. The molecular weight excluding hydrogens is 953 g/mol. The molecule has 3 aromatic rings. The van der Waals surface area contributed by atoms with Gasteiger partial charge in [-0.05, 0) is 81.0 Å². The standard InChI is InChI=1S/C56H70N4O12S/c1-9-11-13-15-17-19-42(62)71-41-25-34-21-22-58-56(36(34)26-40(41)65-7)29-73-54-46-45(52-51(68-30-69-52)32(4)50(46)70-33(5)61)39(28-67-55(56)64)60-38(27-57)37-24-35-23-31(3)49(66-8)53(44(35)47(48(54)60)59(37)6)72-43(63)20-18-16-14-12-10-2/h23,25-26,37-39,47-48,54,58H,9-22,24,28-30H2,1-8H3/t37-,38+,39+,47-,48?,54-,56-/m1/s1. The predicted molar refractivity (Wildman–Crippen MR) is 273 cm³/mol. The number of unbranched alkanes of at least 4 members (excludes halogenated alkanes) is 8. The normalized spacial score (nSPS) is 24.6. The van der Waals surface area contributed by atoms with Gasteiger partial charge in [-0.1, -0.05) is 71.3 Å². The number of thioether (sulfide) groups is 1. The first-order chi connectivity index (χ1) is 35.3. The summed E-state index contributed by atoms with van der Waals surface area (Å²) in [6.07, 6.45) is 11.3. The number of nitriles is 1. The summed E-state index contributed by atoms with van der Waals surface area (Å²) in [4.78, 5) is 60.2. The Morgan fingerprint density at radius 2 is 1.52 bits per heavy atom. The van der Waals surface area contributed by atoms with Crippen molar-refractivity contribution in [3.63, 3.8) is 0 Å². The Morgan fingerprint density at radius 3 is 2.19 bits per heavy atom. The van der Waals surface area contributed by atoms with Crippen molar-refractivity contribution >= 4 is 35.6 Å². The Labute approximate surface area is 433 Å². The Morgan fingerprint density at radius 1 is 0.822 bits per heavy atom. The van der Waals surface area contributed by atoms with E-state index < -0.39 is 46.9 Å². The number of fused-ring (bicyclic) bond motifs is 9. The average Bonchev–Trinajstić information content (AvgIpc) is 3.86. The number of aryl methyl sites for hydroxylation is 1. The molecule has 10 rings (SSSR count). The zero-order valence-electron chi connectivity index (χ0n) is 43.6. The Balaban J connectivity index is 1.20. The molecule has 1 N–H and O–H groups in total. The van der Waals surface area contributed by atoms with Crippen molar-refractivity contribution in [3.05, 3.63) is 62.7 Å². The number of hydrogen-bond acceptors (Lipinski definition) is 17. The van der Waals surface area contributed by atoms with E-state index in [1.807, 2.05) is 27.0 Å². The van der Waals surface area contributed by atoms with E-state index in [0.29, 0.717) is 82.6 Å². The van der Waals surface area contributed by atoms with Gasteiger partial charge >= 0.3 is 23.9 Å². The Hall–Kier alpha value is -5.54. The van der Waals surface area contributed by atoms with Crippen LogP contribution >= 0.6 is 11.8 Å². The van der Waals surface area contributed by atoms with Gasteiger partial charge in [0.25, 0.3) is 0 Å². The maximum atomic E-state index is 15.3. The van der Waals surface area contributed by atoms with Crippen molar-refractivity contribution in [2.24, 2.45) is 0 Å². The van der Waals surface area contributed by atoms with Crippen LogP contribution in [0.5, 0.6) is 40.2 Å². The predicted octanol–water partition coefficient (Wildman–Crippen LogP) is 9.11. The number of ether oxygens (including phenoxy) is 8. The first-order valence-electron chi connectivity index (χ1n) is 26.2. The van der Waals surface area contributed by atoms with Crippen molar-refractivity contribution in [2.75, 3.05) is 47.0 Å². The van der Waals surface area contributed by atoms with Crippen LogP contribution in [0.2, 0.25) is 0 Å². The molecule has 7 heterocycles. The van der Waals surface area contributed by atoms with E-state index in [1.54, 1.807) is 13.2 Å². The largest absolute Gasteiger partial charge is 0.493 e. The molecular formula is C56H70N4O12S. The minimum Gasteiger partial charge on any atom is -0.493 e. The number of carbonyl (C=O) groups is 4. The maximum Gasteiger partial charge on any atom is 0.331 e. The van der Waals surface area contributed by atoms with Crippen LogP contribution in [0.4, 0.5) is 0 Å². The van der Waals surface area contributed by atoms with Crippen molar-refractivity contribution in [1.29, 1.82) is 5.26 Å². The van der Waals surface area contributed by atoms with Gasteiger partial charge in [0.15, 0.2) is 40.0 Å². The molecule has 1 unspecified atom stereocenters. The molecule has 4 bridgehead atoms. The molecule has 1 spiro atoms. The zero-order chi connectivity index (χ0) is 51.7. The van der Waals surface area contributed by atoms with Crippen LogP contribution in [-0.4, -0.2) is 98.8 Å². The van der Waals surface area contributed by atoms with Gasteiger partial charge in [-0.25, -0.2) is 4.79 Å². The first kappa shape index (κ1) is 52.3. The molecule has 7 atom stereocenters. The fourth-order valence-electron chi connectivity index (χ4n) is 12.4. The fourth-order valence-corrected chi connectivity index (χ4v) is 14.1. The lowest BCUT2D eigenvalue weighted by molar-refractivity contribution is -0.157. The molecule has 392 valence electrons. The highest BCUT2D eigenvalue weighted by molar-refractivity contribution is 7.99. The van der Waals surface area contributed by atoms with Gasteiger partial charge in [-0.2, -0.15) is 5.26 Å². The molecule has 2 fully saturated rings. The van der Waals surface area contributed by atoms with Gasteiger partial charge in [-0.15, -0.1) is 11.8 Å². The van der Waals surface area contributed by atoms with E-state index >= 15 is 4.79 Å². The van der Waals surface area contributed by atoms with Crippen LogP contribution in [-0.2, 0) is 42.3 Å². The zero-order valence-corrected chi connectivity index (χ0v) is 44.4. The molecule has 17 heteroatoms. The van der Waals surface area contributed by atoms with E-state index in [0.717, 1.165) is 80.0 Å². The van der Waals surface area contributed by atoms with E-state index in [2.05, 4.69) is 41.1 Å². The van der Waals surface area contributed by atoms with Gasteiger partial charge in [0.05, 0.1) is 37.6 Å². The molecule has 7 aliphatic rings. The second-order valence-electron chi connectivity index (χ2n) is 20.3. The van der Waals surface area contributed by atoms with Crippen molar-refractivity contribution in [2.45, 2.75) is 166 Å². The highest BCUT2D eigenvalue weighted by Crippen LogP contribution is 2.65. The van der Waals surface area contributed by atoms with Crippen molar-refractivity contribution in [3.8, 4) is 46.3 Å². The third kappa shape index (κ3) is 9.50. The Kier molecular flexibility index (Phi) is 15.9. The minimum absolute atomic E-state index is 0.0860. The number of hydrogen-bond donors (Lipinski definition) is 1. The van der Waals surface area contributed by atoms with Crippen LogP contribution in [0, 0.1) is 25.2 Å². The van der Waals surface area contributed by atoms with Crippen molar-refractivity contribution in [1.82, 2.24) is 15.1 Å². The number of piperazine rings is 1. The lowest BCUT2D eigenvalue weighted by Gasteiger charge is -2.62. The smallest absolute Gasteiger partial charge is 0.331 e. The summed E-state index contributed by atoms with van der Waals surface area (Å²) in [5, 5.41) is 14.4. The van der Waals surface area contributed by atoms with Crippen LogP contribution in [0.15, 0.2) is 18.2 Å². The van der Waals surface area contributed by atoms with Gasteiger partial charge in [-0.3, -0.25) is 29.5 Å². The number of carbonyl (C=O) groups excluding carboxylic acids is 4. The Bertz CT molecular complexity index is 2690.